The second kappa shape index (κ2) is 4.75. The lowest BCUT2D eigenvalue weighted by atomic mass is 10.1. The van der Waals surface area contributed by atoms with Gasteiger partial charge in [-0.05, 0) is 24.6 Å². The average molecular weight is 285 g/mol. The van der Waals surface area contributed by atoms with Crippen molar-refractivity contribution in [1.82, 2.24) is 15.3 Å². The highest BCUT2D eigenvalue weighted by Gasteiger charge is 2.34. The zero-order valence-electron chi connectivity index (χ0n) is 10.8. The summed E-state index contributed by atoms with van der Waals surface area (Å²) in [6.07, 6.45) is -4.75. The Morgan fingerprint density at radius 2 is 2.15 bits per heavy atom. The molecule has 1 saturated heterocycles. The van der Waals surface area contributed by atoms with Gasteiger partial charge in [-0.3, -0.25) is 0 Å². The largest absolute Gasteiger partial charge is 0.418 e. The third-order valence-electron chi connectivity index (χ3n) is 3.29. The van der Waals surface area contributed by atoms with E-state index in [9.17, 15) is 13.2 Å². The maximum absolute atomic E-state index is 13.1. The molecule has 1 aliphatic heterocycles. The fourth-order valence-electron chi connectivity index (χ4n) is 2.39. The molecule has 2 heterocycles. The van der Waals surface area contributed by atoms with Crippen LogP contribution in [0, 0.1) is 6.92 Å². The van der Waals surface area contributed by atoms with Crippen molar-refractivity contribution in [1.29, 1.82) is 0 Å². The summed E-state index contributed by atoms with van der Waals surface area (Å²) in [6, 6.07) is 2.78. The second-order valence-corrected chi connectivity index (χ2v) is 4.89. The van der Waals surface area contributed by atoms with Crippen LogP contribution >= 0.6 is 0 Å². The molecule has 1 fully saturated rings. The van der Waals surface area contributed by atoms with Crippen LogP contribution in [-0.2, 0) is 10.9 Å². The number of hydrogen-bond acceptors (Lipinski definition) is 3. The van der Waals surface area contributed by atoms with Crippen molar-refractivity contribution in [2.45, 2.75) is 19.2 Å². The molecule has 4 nitrogen and oxygen atoms in total. The highest BCUT2D eigenvalue weighted by Crippen LogP contribution is 2.35. The second-order valence-electron chi connectivity index (χ2n) is 4.89. The van der Waals surface area contributed by atoms with Gasteiger partial charge in [0.25, 0.3) is 0 Å². The van der Waals surface area contributed by atoms with Gasteiger partial charge in [-0.2, -0.15) is 13.2 Å². The van der Waals surface area contributed by atoms with E-state index in [2.05, 4.69) is 15.3 Å². The Kier molecular flexibility index (Phi) is 3.18. The van der Waals surface area contributed by atoms with Crippen LogP contribution < -0.4 is 5.32 Å². The molecule has 1 aromatic heterocycles. The summed E-state index contributed by atoms with van der Waals surface area (Å²) >= 11 is 0. The number of ether oxygens (including phenoxy) is 1. The Balaban J connectivity index is 2.10. The topological polar surface area (TPSA) is 49.9 Å². The van der Waals surface area contributed by atoms with Gasteiger partial charge in [0, 0.05) is 13.1 Å². The average Bonchev–Trinajstić information content (AvgIpc) is 2.81. The lowest BCUT2D eigenvalue weighted by molar-refractivity contribution is -0.136. The maximum atomic E-state index is 13.1. The summed E-state index contributed by atoms with van der Waals surface area (Å²) in [7, 11) is 0. The number of morpholine rings is 1. The third kappa shape index (κ3) is 2.38. The molecule has 0 aliphatic carbocycles. The van der Waals surface area contributed by atoms with Gasteiger partial charge < -0.3 is 15.0 Å². The fourth-order valence-corrected chi connectivity index (χ4v) is 2.39. The van der Waals surface area contributed by atoms with E-state index < -0.39 is 11.7 Å². The molecule has 1 aliphatic rings. The predicted octanol–water partition coefficient (Wildman–Crippen LogP) is 2.55. The zero-order valence-corrected chi connectivity index (χ0v) is 10.8. The van der Waals surface area contributed by atoms with Crippen LogP contribution in [0.15, 0.2) is 12.1 Å². The Hall–Kier alpha value is -1.60. The first-order valence-corrected chi connectivity index (χ1v) is 6.35. The van der Waals surface area contributed by atoms with E-state index in [0.29, 0.717) is 30.1 Å². The van der Waals surface area contributed by atoms with E-state index >= 15 is 0 Å². The van der Waals surface area contributed by atoms with E-state index in [1.165, 1.54) is 0 Å². The van der Waals surface area contributed by atoms with Gasteiger partial charge in [-0.15, -0.1) is 0 Å². The van der Waals surface area contributed by atoms with Crippen LogP contribution in [-0.4, -0.2) is 29.7 Å². The highest BCUT2D eigenvalue weighted by atomic mass is 19.4. The number of imidazole rings is 1. The quantitative estimate of drug-likeness (QED) is 0.846. The summed E-state index contributed by atoms with van der Waals surface area (Å²) in [5.41, 5.74) is 0.176. The van der Waals surface area contributed by atoms with Gasteiger partial charge in [0.05, 0.1) is 17.7 Å². The number of aromatic nitrogens is 2. The molecule has 0 amide bonds. The van der Waals surface area contributed by atoms with E-state index in [4.69, 9.17) is 4.74 Å². The first kappa shape index (κ1) is 13.4. The first-order chi connectivity index (χ1) is 9.45. The van der Waals surface area contributed by atoms with Crippen molar-refractivity contribution in [3.8, 4) is 0 Å². The number of aromatic amines is 1. The van der Waals surface area contributed by atoms with Gasteiger partial charge in [-0.1, -0.05) is 0 Å². The molecule has 3 rings (SSSR count). The van der Waals surface area contributed by atoms with Crippen molar-refractivity contribution >= 4 is 11.0 Å². The minimum absolute atomic E-state index is 0.0488. The summed E-state index contributed by atoms with van der Waals surface area (Å²) in [5, 5.41) is 3.13. The number of hydrogen-bond donors (Lipinski definition) is 2. The number of halogens is 3. The van der Waals surface area contributed by atoms with Crippen LogP contribution in [0.3, 0.4) is 0 Å². The fraction of sp³-hybridized carbons (Fsp3) is 0.462. The summed E-state index contributed by atoms with van der Waals surface area (Å²) in [4.78, 5) is 7.05. The monoisotopic (exact) mass is 285 g/mol. The minimum atomic E-state index is -4.41. The van der Waals surface area contributed by atoms with E-state index in [-0.39, 0.29) is 11.6 Å². The number of fused-ring (bicyclic) bond motifs is 1. The van der Waals surface area contributed by atoms with Crippen LogP contribution in [0.4, 0.5) is 13.2 Å². The predicted molar refractivity (Wildman–Crippen MR) is 67.4 cm³/mol. The summed E-state index contributed by atoms with van der Waals surface area (Å²) in [6.45, 7) is 3.44. The van der Waals surface area contributed by atoms with Crippen molar-refractivity contribution < 1.29 is 17.9 Å². The third-order valence-corrected chi connectivity index (χ3v) is 3.29. The van der Waals surface area contributed by atoms with Crippen LogP contribution in [0.1, 0.15) is 23.1 Å². The molecule has 2 aromatic rings. The minimum Gasteiger partial charge on any atom is -0.368 e. The normalized spacial score (nSPS) is 20.5. The molecule has 1 atom stereocenters. The van der Waals surface area contributed by atoms with Crippen LogP contribution in [0.5, 0.6) is 0 Å². The van der Waals surface area contributed by atoms with Gasteiger partial charge in [0.2, 0.25) is 0 Å². The molecular weight excluding hydrogens is 271 g/mol. The molecule has 108 valence electrons. The van der Waals surface area contributed by atoms with E-state index in [1.807, 2.05) is 0 Å². The van der Waals surface area contributed by atoms with E-state index in [0.717, 1.165) is 12.6 Å². The number of aryl methyl sites for hydroxylation is 1. The number of H-pyrrole nitrogens is 1. The lowest BCUT2D eigenvalue weighted by Gasteiger charge is -2.21. The highest BCUT2D eigenvalue weighted by molar-refractivity contribution is 5.80. The number of benzene rings is 1. The Bertz CT molecular complexity index is 630. The molecule has 0 bridgehead atoms. The zero-order chi connectivity index (χ0) is 14.3. The Morgan fingerprint density at radius 1 is 1.35 bits per heavy atom. The molecule has 20 heavy (non-hydrogen) atoms. The SMILES string of the molecule is Cc1cc(C(F)(F)F)c2nc(C3CNCCO3)[nH]c2c1. The molecule has 7 heteroatoms. The molecule has 2 N–H and O–H groups in total. The molecule has 0 spiro atoms. The van der Waals surface area contributed by atoms with Crippen molar-refractivity contribution in [2.75, 3.05) is 19.7 Å². The molecule has 0 radical (unpaired) electrons. The summed E-state index contributed by atoms with van der Waals surface area (Å²) in [5.74, 6) is 0.434. The van der Waals surface area contributed by atoms with Crippen molar-refractivity contribution in [3.63, 3.8) is 0 Å². The smallest absolute Gasteiger partial charge is 0.368 e. The number of rotatable bonds is 1. The molecule has 1 aromatic carbocycles. The lowest BCUT2D eigenvalue weighted by Crippen LogP contribution is -2.33. The molecule has 1 unspecified atom stereocenters. The van der Waals surface area contributed by atoms with E-state index in [1.54, 1.807) is 13.0 Å². The van der Waals surface area contributed by atoms with Crippen LogP contribution in [0.2, 0.25) is 0 Å². The molecule has 0 saturated carbocycles. The van der Waals surface area contributed by atoms with Crippen LogP contribution in [0.25, 0.3) is 11.0 Å². The first-order valence-electron chi connectivity index (χ1n) is 6.35. The van der Waals surface area contributed by atoms with Gasteiger partial charge in [0.15, 0.2) is 0 Å². The standard InChI is InChI=1S/C13H14F3N3O/c1-7-4-8(13(14,15)16)11-9(5-7)18-12(19-11)10-6-17-2-3-20-10/h4-5,10,17H,2-3,6H2,1H3,(H,18,19). The number of alkyl halides is 3. The van der Waals surface area contributed by atoms with Gasteiger partial charge in [0.1, 0.15) is 17.4 Å². The van der Waals surface area contributed by atoms with Crippen molar-refractivity contribution in [3.05, 3.63) is 29.1 Å². The van der Waals surface area contributed by atoms with Gasteiger partial charge in [-0.25, -0.2) is 4.98 Å². The summed E-state index contributed by atoms with van der Waals surface area (Å²) < 4.78 is 44.7. The Labute approximate surface area is 113 Å². The number of nitrogens with zero attached hydrogens (tertiary/aromatic N) is 1. The maximum Gasteiger partial charge on any atom is 0.418 e. The molecular formula is C13H14F3N3O. The van der Waals surface area contributed by atoms with Crippen molar-refractivity contribution in [2.24, 2.45) is 0 Å². The number of nitrogens with one attached hydrogen (secondary N) is 2. The van der Waals surface area contributed by atoms with Gasteiger partial charge >= 0.3 is 6.18 Å². The Morgan fingerprint density at radius 3 is 2.80 bits per heavy atom.